The second kappa shape index (κ2) is 8.95. The van der Waals surface area contributed by atoms with Crippen molar-refractivity contribution in [2.24, 2.45) is 11.7 Å². The van der Waals surface area contributed by atoms with Crippen LogP contribution in [0.25, 0.3) is 0 Å². The zero-order chi connectivity index (χ0) is 14.4. The maximum absolute atomic E-state index is 12.3. The van der Waals surface area contributed by atoms with E-state index in [0.717, 1.165) is 5.56 Å². The Labute approximate surface area is 127 Å². The van der Waals surface area contributed by atoms with Gasteiger partial charge >= 0.3 is 0 Å². The smallest absolute Gasteiger partial charge is 0.242 e. The molecule has 4 nitrogen and oxygen atoms in total. The van der Waals surface area contributed by atoms with Crippen molar-refractivity contribution in [1.29, 1.82) is 0 Å². The summed E-state index contributed by atoms with van der Waals surface area (Å²) in [7, 11) is 3.35. The van der Waals surface area contributed by atoms with Crippen LogP contribution in [0.2, 0.25) is 0 Å². The number of likely N-dealkylation sites (N-methyl/N-ethyl adjacent to an activating group) is 1. The number of ether oxygens (including phenoxy) is 1. The molecule has 1 aromatic carbocycles. The van der Waals surface area contributed by atoms with Crippen molar-refractivity contribution in [3.8, 4) is 0 Å². The van der Waals surface area contributed by atoms with Gasteiger partial charge in [-0.15, -0.1) is 12.4 Å². The maximum atomic E-state index is 12.3. The largest absolute Gasteiger partial charge is 0.383 e. The van der Waals surface area contributed by atoms with Gasteiger partial charge in [0.15, 0.2) is 0 Å². The highest BCUT2D eigenvalue weighted by Crippen LogP contribution is 2.27. The number of methoxy groups -OCH3 is 1. The molecular weight excluding hydrogens is 276 g/mol. The van der Waals surface area contributed by atoms with Crippen LogP contribution in [0.4, 0.5) is 0 Å². The molecule has 20 heavy (non-hydrogen) atoms. The van der Waals surface area contributed by atoms with E-state index in [0.29, 0.717) is 5.92 Å². The van der Waals surface area contributed by atoms with E-state index >= 15 is 0 Å². The lowest BCUT2D eigenvalue weighted by Gasteiger charge is -2.33. The molecule has 0 aliphatic carbocycles. The Kier molecular flexibility index (Phi) is 8.46. The van der Waals surface area contributed by atoms with Gasteiger partial charge in [-0.05, 0) is 11.5 Å². The summed E-state index contributed by atoms with van der Waals surface area (Å²) in [4.78, 5) is 14.0. The van der Waals surface area contributed by atoms with E-state index in [4.69, 9.17) is 10.5 Å². The fourth-order valence-corrected chi connectivity index (χ4v) is 2.36. The Morgan fingerprint density at radius 1 is 1.30 bits per heavy atom. The molecule has 5 heteroatoms. The number of rotatable bonds is 6. The molecule has 0 heterocycles. The van der Waals surface area contributed by atoms with Gasteiger partial charge in [-0.25, -0.2) is 0 Å². The summed E-state index contributed by atoms with van der Waals surface area (Å²) in [6, 6.07) is 9.43. The first kappa shape index (κ1) is 18.9. The van der Waals surface area contributed by atoms with Crippen LogP contribution >= 0.6 is 12.4 Å². The zero-order valence-corrected chi connectivity index (χ0v) is 13.4. The fraction of sp³-hybridized carbons (Fsp3) is 0.533. The van der Waals surface area contributed by atoms with Gasteiger partial charge < -0.3 is 15.4 Å². The highest BCUT2D eigenvalue weighted by atomic mass is 35.5. The van der Waals surface area contributed by atoms with Gasteiger partial charge in [-0.1, -0.05) is 44.2 Å². The highest BCUT2D eigenvalue weighted by molar-refractivity contribution is 5.85. The number of hydrogen-bond donors (Lipinski definition) is 1. The van der Waals surface area contributed by atoms with Crippen LogP contribution in [0, 0.1) is 5.92 Å². The molecule has 2 N–H and O–H groups in total. The highest BCUT2D eigenvalue weighted by Gasteiger charge is 2.27. The monoisotopic (exact) mass is 300 g/mol. The van der Waals surface area contributed by atoms with Gasteiger partial charge in [0.25, 0.3) is 0 Å². The normalized spacial score (nSPS) is 13.5. The fourth-order valence-electron chi connectivity index (χ4n) is 2.36. The summed E-state index contributed by atoms with van der Waals surface area (Å²) in [6.45, 7) is 4.44. The van der Waals surface area contributed by atoms with E-state index in [1.807, 2.05) is 30.3 Å². The molecule has 1 aromatic rings. The lowest BCUT2D eigenvalue weighted by atomic mass is 9.94. The van der Waals surface area contributed by atoms with Crippen LogP contribution in [0.15, 0.2) is 30.3 Å². The van der Waals surface area contributed by atoms with Gasteiger partial charge in [0.05, 0.1) is 12.6 Å². The van der Waals surface area contributed by atoms with E-state index in [2.05, 4.69) is 13.8 Å². The number of carbonyl (C=O) groups is 1. The summed E-state index contributed by atoms with van der Waals surface area (Å²) >= 11 is 0. The molecule has 0 fully saturated rings. The number of carbonyl (C=O) groups excluding carboxylic acids is 1. The van der Waals surface area contributed by atoms with Crippen LogP contribution in [0.3, 0.4) is 0 Å². The summed E-state index contributed by atoms with van der Waals surface area (Å²) in [5.41, 5.74) is 6.95. The standard InChI is InChI=1S/C15H24N2O2.ClH/c1-11(2)14(12-8-6-5-7-9-12)17(3)15(18)13(16)10-19-4;/h5-9,11,13-14H,10,16H2,1-4H3;1H. The Balaban J connectivity index is 0.00000361. The summed E-state index contributed by atoms with van der Waals surface area (Å²) in [5.74, 6) is 0.218. The van der Waals surface area contributed by atoms with Gasteiger partial charge in [0.1, 0.15) is 6.04 Å². The van der Waals surface area contributed by atoms with Crippen molar-refractivity contribution < 1.29 is 9.53 Å². The van der Waals surface area contributed by atoms with Gasteiger partial charge in [-0.3, -0.25) is 4.79 Å². The number of hydrogen-bond acceptors (Lipinski definition) is 3. The second-order valence-electron chi connectivity index (χ2n) is 5.11. The van der Waals surface area contributed by atoms with E-state index in [9.17, 15) is 4.79 Å². The Hall–Kier alpha value is -1.10. The average molecular weight is 301 g/mol. The summed E-state index contributed by atoms with van der Waals surface area (Å²) in [5, 5.41) is 0. The predicted octanol–water partition coefficient (Wildman–Crippen LogP) is 2.24. The molecule has 0 saturated carbocycles. The number of halogens is 1. The van der Waals surface area contributed by atoms with Crippen molar-refractivity contribution in [3.63, 3.8) is 0 Å². The predicted molar refractivity (Wildman–Crippen MR) is 83.9 cm³/mol. The van der Waals surface area contributed by atoms with Crippen molar-refractivity contribution in [2.75, 3.05) is 20.8 Å². The van der Waals surface area contributed by atoms with Crippen LogP contribution in [-0.2, 0) is 9.53 Å². The third-order valence-corrected chi connectivity index (χ3v) is 3.20. The van der Waals surface area contributed by atoms with E-state index < -0.39 is 6.04 Å². The molecule has 0 aliphatic rings. The lowest BCUT2D eigenvalue weighted by molar-refractivity contribution is -0.135. The molecular formula is C15H25ClN2O2. The van der Waals surface area contributed by atoms with Crippen LogP contribution in [0.1, 0.15) is 25.5 Å². The molecule has 114 valence electrons. The summed E-state index contributed by atoms with van der Waals surface area (Å²) in [6.07, 6.45) is 0. The van der Waals surface area contributed by atoms with Crippen molar-refractivity contribution in [1.82, 2.24) is 4.90 Å². The number of amides is 1. The van der Waals surface area contributed by atoms with Gasteiger partial charge in [-0.2, -0.15) is 0 Å². The third kappa shape index (κ3) is 4.78. The molecule has 0 radical (unpaired) electrons. The molecule has 0 saturated heterocycles. The molecule has 0 spiro atoms. The van der Waals surface area contributed by atoms with E-state index in [1.54, 1.807) is 19.1 Å². The second-order valence-corrected chi connectivity index (χ2v) is 5.11. The molecule has 1 rings (SSSR count). The first-order chi connectivity index (χ1) is 8.99. The Bertz CT molecular complexity index is 398. The minimum Gasteiger partial charge on any atom is -0.383 e. The van der Waals surface area contributed by atoms with Gasteiger partial charge in [0, 0.05) is 14.2 Å². The number of nitrogens with two attached hydrogens (primary N) is 1. The Morgan fingerprint density at radius 3 is 2.30 bits per heavy atom. The minimum atomic E-state index is -0.611. The minimum absolute atomic E-state index is 0. The molecule has 0 bridgehead atoms. The van der Waals surface area contributed by atoms with Crippen LogP contribution in [0.5, 0.6) is 0 Å². The quantitative estimate of drug-likeness (QED) is 0.876. The lowest BCUT2D eigenvalue weighted by Crippen LogP contribution is -2.46. The molecule has 2 atom stereocenters. The van der Waals surface area contributed by atoms with E-state index in [1.165, 1.54) is 0 Å². The first-order valence-electron chi connectivity index (χ1n) is 6.55. The Morgan fingerprint density at radius 2 is 1.85 bits per heavy atom. The van der Waals surface area contributed by atoms with Crippen molar-refractivity contribution in [2.45, 2.75) is 25.9 Å². The number of nitrogens with zero attached hydrogens (tertiary/aromatic N) is 1. The maximum Gasteiger partial charge on any atom is 0.242 e. The molecule has 0 aliphatic heterocycles. The zero-order valence-electron chi connectivity index (χ0n) is 12.6. The number of benzene rings is 1. The molecule has 1 amide bonds. The molecule has 2 unspecified atom stereocenters. The van der Waals surface area contributed by atoms with Crippen molar-refractivity contribution in [3.05, 3.63) is 35.9 Å². The van der Waals surface area contributed by atoms with Crippen molar-refractivity contribution >= 4 is 18.3 Å². The van der Waals surface area contributed by atoms with E-state index in [-0.39, 0.29) is 31.0 Å². The third-order valence-electron chi connectivity index (χ3n) is 3.20. The summed E-state index contributed by atoms with van der Waals surface area (Å²) < 4.78 is 4.95. The van der Waals surface area contributed by atoms with Crippen LogP contribution < -0.4 is 5.73 Å². The SMILES string of the molecule is COCC(N)C(=O)N(C)C(c1ccccc1)C(C)C.Cl. The topological polar surface area (TPSA) is 55.6 Å². The first-order valence-corrected chi connectivity index (χ1v) is 6.55. The molecule has 0 aromatic heterocycles. The van der Waals surface area contributed by atoms with Gasteiger partial charge in [0.2, 0.25) is 5.91 Å². The van der Waals surface area contributed by atoms with Crippen LogP contribution in [-0.4, -0.2) is 37.6 Å². The average Bonchev–Trinajstić information content (AvgIpc) is 2.39.